The van der Waals surface area contributed by atoms with Gasteiger partial charge < -0.3 is 9.84 Å². The molecule has 1 aromatic heterocycles. The Balaban J connectivity index is 2.13. The molecule has 5 heteroatoms. The molecular weight excluding hydrogens is 233 g/mol. The van der Waals surface area contributed by atoms with Crippen LogP contribution in [0.25, 0.3) is 11.4 Å². The number of halogens is 1. The molecule has 1 aromatic carbocycles. The molecule has 0 bridgehead atoms. The Hall–Kier alpha value is -1.75. The van der Waals surface area contributed by atoms with E-state index in [0.717, 1.165) is 24.1 Å². The van der Waals surface area contributed by atoms with E-state index < -0.39 is 0 Å². The third-order valence-electron chi connectivity index (χ3n) is 2.60. The van der Waals surface area contributed by atoms with Crippen molar-refractivity contribution in [3.05, 3.63) is 35.5 Å². The lowest BCUT2D eigenvalue weighted by Gasteiger charge is -1.99. The van der Waals surface area contributed by atoms with Crippen LogP contribution >= 0.6 is 0 Å². The minimum absolute atomic E-state index is 0.260. The summed E-state index contributed by atoms with van der Waals surface area (Å²) in [7, 11) is 0. The first kappa shape index (κ1) is 12.7. The Kier molecular flexibility index (Phi) is 4.04. The summed E-state index contributed by atoms with van der Waals surface area (Å²) < 4.78 is 18.1. The van der Waals surface area contributed by atoms with Crippen LogP contribution in [-0.2, 0) is 6.54 Å². The topological polar surface area (TPSA) is 51.0 Å². The predicted octanol–water partition coefficient (Wildman–Crippen LogP) is 2.68. The second-order valence-corrected chi connectivity index (χ2v) is 4.15. The van der Waals surface area contributed by atoms with Gasteiger partial charge in [0.15, 0.2) is 0 Å². The van der Waals surface area contributed by atoms with Gasteiger partial charge in [0.1, 0.15) is 5.82 Å². The van der Waals surface area contributed by atoms with Crippen LogP contribution in [0.2, 0.25) is 0 Å². The average Bonchev–Trinajstić information content (AvgIpc) is 2.78. The van der Waals surface area contributed by atoms with E-state index >= 15 is 0 Å². The van der Waals surface area contributed by atoms with Crippen molar-refractivity contribution >= 4 is 0 Å². The lowest BCUT2D eigenvalue weighted by Crippen LogP contribution is -2.13. The molecule has 18 heavy (non-hydrogen) atoms. The number of hydrogen-bond acceptors (Lipinski definition) is 4. The van der Waals surface area contributed by atoms with Crippen LogP contribution in [0, 0.1) is 12.7 Å². The van der Waals surface area contributed by atoms with Crippen molar-refractivity contribution < 1.29 is 8.91 Å². The number of hydrogen-bond donors (Lipinski definition) is 1. The molecule has 4 nitrogen and oxygen atoms in total. The maximum Gasteiger partial charge on any atom is 0.240 e. The molecule has 1 N–H and O–H groups in total. The van der Waals surface area contributed by atoms with Crippen molar-refractivity contribution in [3.8, 4) is 11.4 Å². The Bertz CT molecular complexity index is 525. The second kappa shape index (κ2) is 5.73. The normalized spacial score (nSPS) is 10.8. The van der Waals surface area contributed by atoms with Crippen LogP contribution in [0.15, 0.2) is 22.7 Å². The standard InChI is InChI=1S/C13H16FN3O/c1-3-6-15-8-12-16-13(17-18-12)11-5-4-10(14)7-9(11)2/h4-5,7,15H,3,6,8H2,1-2H3. The zero-order valence-electron chi connectivity index (χ0n) is 10.5. The summed E-state index contributed by atoms with van der Waals surface area (Å²) in [5.41, 5.74) is 1.59. The van der Waals surface area contributed by atoms with Gasteiger partial charge >= 0.3 is 0 Å². The zero-order chi connectivity index (χ0) is 13.0. The molecule has 0 saturated heterocycles. The van der Waals surface area contributed by atoms with E-state index in [4.69, 9.17) is 4.52 Å². The molecular formula is C13H16FN3O. The summed E-state index contributed by atoms with van der Waals surface area (Å²) in [6.07, 6.45) is 1.05. The van der Waals surface area contributed by atoms with Gasteiger partial charge in [0.2, 0.25) is 11.7 Å². The lowest BCUT2D eigenvalue weighted by molar-refractivity contribution is 0.368. The molecule has 0 radical (unpaired) electrons. The molecule has 2 aromatic rings. The van der Waals surface area contributed by atoms with Crippen LogP contribution in [-0.4, -0.2) is 16.7 Å². The molecule has 0 unspecified atom stereocenters. The van der Waals surface area contributed by atoms with E-state index in [0.29, 0.717) is 18.3 Å². The summed E-state index contributed by atoms with van der Waals surface area (Å²) in [5.74, 6) is 0.785. The first-order valence-corrected chi connectivity index (χ1v) is 6.00. The van der Waals surface area contributed by atoms with E-state index in [-0.39, 0.29) is 5.82 Å². The highest BCUT2D eigenvalue weighted by Crippen LogP contribution is 2.21. The van der Waals surface area contributed by atoms with Crippen molar-refractivity contribution in [2.24, 2.45) is 0 Å². The Morgan fingerprint density at radius 1 is 1.39 bits per heavy atom. The van der Waals surface area contributed by atoms with E-state index in [9.17, 15) is 4.39 Å². The van der Waals surface area contributed by atoms with Gasteiger partial charge in [0.25, 0.3) is 0 Å². The van der Waals surface area contributed by atoms with Crippen molar-refractivity contribution in [1.29, 1.82) is 0 Å². The number of nitrogens with zero attached hydrogens (tertiary/aromatic N) is 2. The van der Waals surface area contributed by atoms with Gasteiger partial charge in [-0.1, -0.05) is 12.1 Å². The SMILES string of the molecule is CCCNCc1nc(-c2ccc(F)cc2C)no1. The maximum absolute atomic E-state index is 13.0. The van der Waals surface area contributed by atoms with Crippen molar-refractivity contribution in [2.45, 2.75) is 26.8 Å². The molecule has 96 valence electrons. The van der Waals surface area contributed by atoms with Crippen LogP contribution in [0.1, 0.15) is 24.8 Å². The smallest absolute Gasteiger partial charge is 0.240 e. The third kappa shape index (κ3) is 2.92. The summed E-state index contributed by atoms with van der Waals surface area (Å²) in [4.78, 5) is 4.28. The van der Waals surface area contributed by atoms with E-state index in [1.807, 2.05) is 6.92 Å². The number of benzene rings is 1. The molecule has 0 fully saturated rings. The molecule has 1 heterocycles. The summed E-state index contributed by atoms with van der Waals surface area (Å²) >= 11 is 0. The first-order chi connectivity index (χ1) is 8.70. The van der Waals surface area contributed by atoms with Crippen molar-refractivity contribution in [2.75, 3.05) is 6.54 Å². The first-order valence-electron chi connectivity index (χ1n) is 6.00. The monoisotopic (exact) mass is 249 g/mol. The van der Waals surface area contributed by atoms with Gasteiger partial charge in [-0.2, -0.15) is 4.98 Å². The van der Waals surface area contributed by atoms with Crippen molar-refractivity contribution in [3.63, 3.8) is 0 Å². The highest BCUT2D eigenvalue weighted by Gasteiger charge is 2.10. The largest absolute Gasteiger partial charge is 0.338 e. The predicted molar refractivity (Wildman–Crippen MR) is 66.4 cm³/mol. The minimum atomic E-state index is -0.260. The Morgan fingerprint density at radius 3 is 2.94 bits per heavy atom. The van der Waals surface area contributed by atoms with Gasteiger partial charge in [-0.25, -0.2) is 4.39 Å². The Morgan fingerprint density at radius 2 is 2.22 bits per heavy atom. The number of aryl methyl sites for hydroxylation is 1. The number of aromatic nitrogens is 2. The van der Waals surface area contributed by atoms with Gasteiger partial charge in [-0.15, -0.1) is 0 Å². The fourth-order valence-electron chi connectivity index (χ4n) is 1.69. The third-order valence-corrected chi connectivity index (χ3v) is 2.60. The van der Waals surface area contributed by atoms with Gasteiger partial charge in [0, 0.05) is 5.56 Å². The summed E-state index contributed by atoms with van der Waals surface area (Å²) in [6, 6.07) is 4.52. The Labute approximate surface area is 105 Å². The van der Waals surface area contributed by atoms with E-state index in [1.165, 1.54) is 12.1 Å². The molecule has 0 spiro atoms. The van der Waals surface area contributed by atoms with Gasteiger partial charge in [-0.05, 0) is 43.7 Å². The quantitative estimate of drug-likeness (QED) is 0.828. The molecule has 0 atom stereocenters. The number of rotatable bonds is 5. The summed E-state index contributed by atoms with van der Waals surface area (Å²) in [5, 5.41) is 7.09. The van der Waals surface area contributed by atoms with Crippen LogP contribution < -0.4 is 5.32 Å². The van der Waals surface area contributed by atoms with Gasteiger partial charge in [0.05, 0.1) is 6.54 Å². The second-order valence-electron chi connectivity index (χ2n) is 4.15. The van der Waals surface area contributed by atoms with Crippen LogP contribution in [0.3, 0.4) is 0 Å². The molecule has 0 aliphatic carbocycles. The minimum Gasteiger partial charge on any atom is -0.338 e. The molecule has 0 aliphatic rings. The van der Waals surface area contributed by atoms with E-state index in [1.54, 1.807) is 6.07 Å². The fourth-order valence-corrected chi connectivity index (χ4v) is 1.69. The highest BCUT2D eigenvalue weighted by atomic mass is 19.1. The number of nitrogens with one attached hydrogen (secondary N) is 1. The van der Waals surface area contributed by atoms with Crippen LogP contribution in [0.4, 0.5) is 4.39 Å². The summed E-state index contributed by atoms with van der Waals surface area (Å²) in [6.45, 7) is 5.38. The fraction of sp³-hybridized carbons (Fsp3) is 0.385. The van der Waals surface area contributed by atoms with Crippen molar-refractivity contribution in [1.82, 2.24) is 15.5 Å². The van der Waals surface area contributed by atoms with Crippen LogP contribution in [0.5, 0.6) is 0 Å². The highest BCUT2D eigenvalue weighted by molar-refractivity contribution is 5.59. The molecule has 0 amide bonds. The average molecular weight is 249 g/mol. The molecule has 0 aliphatic heterocycles. The lowest BCUT2D eigenvalue weighted by atomic mass is 10.1. The van der Waals surface area contributed by atoms with E-state index in [2.05, 4.69) is 22.4 Å². The molecule has 2 rings (SSSR count). The van der Waals surface area contributed by atoms with Gasteiger partial charge in [-0.3, -0.25) is 0 Å². The molecule has 0 saturated carbocycles. The zero-order valence-corrected chi connectivity index (χ0v) is 10.5. The maximum atomic E-state index is 13.0.